The molecule has 0 aromatic heterocycles. The van der Waals surface area contributed by atoms with Gasteiger partial charge in [-0.05, 0) is 60.4 Å². The highest BCUT2D eigenvalue weighted by molar-refractivity contribution is 5.97. The largest absolute Gasteiger partial charge is 0.493 e. The number of β-amino-alcohol motifs (C(OH)–C–C–N with tert-alkyl or cyclic N) is 1. The number of aliphatic hydroxyl groups excluding tert-OH is 1. The van der Waals surface area contributed by atoms with Crippen LogP contribution in [-0.2, 0) is 11.2 Å². The number of anilines is 1. The zero-order valence-corrected chi connectivity index (χ0v) is 18.2. The van der Waals surface area contributed by atoms with E-state index in [2.05, 4.69) is 0 Å². The molecule has 0 saturated carbocycles. The first-order chi connectivity index (χ1) is 15.5. The molecule has 0 saturated heterocycles. The number of carbonyl (C=O) groups is 1. The minimum absolute atomic E-state index is 0.0200. The Bertz CT molecular complexity index is 1130. The fourth-order valence-electron chi connectivity index (χ4n) is 3.97. The Balaban J connectivity index is 1.50. The average molecular weight is 435 g/mol. The summed E-state index contributed by atoms with van der Waals surface area (Å²) in [6, 6.07) is 17.9. The lowest BCUT2D eigenvalue weighted by molar-refractivity contribution is -0.119. The molecule has 166 valence electrons. The molecule has 32 heavy (non-hydrogen) atoms. The summed E-state index contributed by atoms with van der Waals surface area (Å²) in [4.78, 5) is 14.2. The van der Waals surface area contributed by atoms with Crippen molar-refractivity contribution in [3.8, 4) is 22.6 Å². The smallest absolute Gasteiger partial charge is 0.227 e. The highest BCUT2D eigenvalue weighted by Gasteiger charge is 2.27. The van der Waals surface area contributed by atoms with Crippen LogP contribution in [0, 0.1) is 12.7 Å². The number of ether oxygens (including phenoxy) is 2. The van der Waals surface area contributed by atoms with E-state index in [9.17, 15) is 14.3 Å². The van der Waals surface area contributed by atoms with E-state index in [1.807, 2.05) is 43.3 Å². The van der Waals surface area contributed by atoms with Crippen molar-refractivity contribution >= 4 is 11.6 Å². The number of nitrogens with zero attached hydrogens (tertiary/aromatic N) is 1. The zero-order chi connectivity index (χ0) is 22.7. The fourth-order valence-corrected chi connectivity index (χ4v) is 3.97. The topological polar surface area (TPSA) is 59.0 Å². The molecule has 0 bridgehead atoms. The van der Waals surface area contributed by atoms with Gasteiger partial charge in [0.2, 0.25) is 5.91 Å². The molecule has 1 aliphatic rings. The van der Waals surface area contributed by atoms with Crippen molar-refractivity contribution in [3.05, 3.63) is 77.6 Å². The molecule has 1 unspecified atom stereocenters. The molecule has 3 aromatic rings. The predicted molar refractivity (Wildman–Crippen MR) is 122 cm³/mol. The quantitative estimate of drug-likeness (QED) is 0.593. The van der Waals surface area contributed by atoms with Crippen molar-refractivity contribution in [1.29, 1.82) is 0 Å². The van der Waals surface area contributed by atoms with Crippen molar-refractivity contribution in [2.24, 2.45) is 0 Å². The molecule has 3 aromatic carbocycles. The normalized spacial score (nSPS) is 14.1. The van der Waals surface area contributed by atoms with Crippen molar-refractivity contribution in [3.63, 3.8) is 0 Å². The van der Waals surface area contributed by atoms with Gasteiger partial charge in [0.25, 0.3) is 0 Å². The van der Waals surface area contributed by atoms with Crippen molar-refractivity contribution in [1.82, 2.24) is 0 Å². The maximum Gasteiger partial charge on any atom is 0.227 e. The molecule has 1 amide bonds. The van der Waals surface area contributed by atoms with E-state index in [0.29, 0.717) is 29.9 Å². The molecular formula is C26H26FNO4. The van der Waals surface area contributed by atoms with Crippen LogP contribution in [0.5, 0.6) is 11.5 Å². The number of hydrogen-bond acceptors (Lipinski definition) is 4. The van der Waals surface area contributed by atoms with Crippen LogP contribution in [0.15, 0.2) is 60.7 Å². The first-order valence-electron chi connectivity index (χ1n) is 10.6. The number of aryl methyl sites for hydroxylation is 2. The monoisotopic (exact) mass is 435 g/mol. The van der Waals surface area contributed by atoms with Crippen LogP contribution in [0.2, 0.25) is 0 Å². The van der Waals surface area contributed by atoms with Gasteiger partial charge in [0.1, 0.15) is 18.5 Å². The summed E-state index contributed by atoms with van der Waals surface area (Å²) in [6.07, 6.45) is 0.0382. The molecule has 0 fully saturated rings. The Labute approximate surface area is 187 Å². The second-order valence-corrected chi connectivity index (χ2v) is 7.95. The molecule has 0 radical (unpaired) electrons. The third-order valence-corrected chi connectivity index (χ3v) is 5.61. The Morgan fingerprint density at radius 3 is 2.59 bits per heavy atom. The van der Waals surface area contributed by atoms with Crippen molar-refractivity contribution in [2.75, 3.05) is 25.2 Å². The number of methoxy groups -OCH3 is 1. The lowest BCUT2D eigenvalue weighted by Gasteiger charge is -2.31. The van der Waals surface area contributed by atoms with E-state index in [0.717, 1.165) is 22.4 Å². The van der Waals surface area contributed by atoms with Gasteiger partial charge in [-0.1, -0.05) is 30.3 Å². The number of amides is 1. The van der Waals surface area contributed by atoms with Crippen LogP contribution in [0.25, 0.3) is 11.1 Å². The first-order valence-corrected chi connectivity index (χ1v) is 10.6. The van der Waals surface area contributed by atoms with Crippen LogP contribution < -0.4 is 14.4 Å². The van der Waals surface area contributed by atoms with Gasteiger partial charge in [0.15, 0.2) is 11.5 Å². The molecule has 1 atom stereocenters. The molecule has 0 spiro atoms. The van der Waals surface area contributed by atoms with Crippen molar-refractivity contribution in [2.45, 2.75) is 25.9 Å². The van der Waals surface area contributed by atoms with Crippen LogP contribution in [0.3, 0.4) is 0 Å². The maximum atomic E-state index is 14.4. The van der Waals surface area contributed by atoms with E-state index in [1.165, 1.54) is 6.07 Å². The highest BCUT2D eigenvalue weighted by Crippen LogP contribution is 2.33. The van der Waals surface area contributed by atoms with Gasteiger partial charge in [0, 0.05) is 17.7 Å². The Morgan fingerprint density at radius 1 is 1.06 bits per heavy atom. The highest BCUT2D eigenvalue weighted by atomic mass is 19.1. The van der Waals surface area contributed by atoms with E-state index >= 15 is 0 Å². The molecular weight excluding hydrogens is 409 g/mol. The Morgan fingerprint density at radius 2 is 1.84 bits per heavy atom. The lowest BCUT2D eigenvalue weighted by Crippen LogP contribution is -2.42. The summed E-state index contributed by atoms with van der Waals surface area (Å²) in [7, 11) is 1.55. The summed E-state index contributed by atoms with van der Waals surface area (Å²) in [5, 5.41) is 10.6. The number of para-hydroxylation sites is 2. The SMILES string of the molecule is COc1ccccc1OCC(O)CN1C(=O)CCc2cc(-c3ccc(C)cc3F)ccc21. The zero-order valence-electron chi connectivity index (χ0n) is 18.2. The van der Waals surface area contributed by atoms with Gasteiger partial charge in [-0.15, -0.1) is 0 Å². The Hall–Kier alpha value is -3.38. The summed E-state index contributed by atoms with van der Waals surface area (Å²) < 4.78 is 25.4. The summed E-state index contributed by atoms with van der Waals surface area (Å²) >= 11 is 0. The molecule has 1 aliphatic heterocycles. The number of rotatable bonds is 7. The van der Waals surface area contributed by atoms with Gasteiger partial charge >= 0.3 is 0 Å². The van der Waals surface area contributed by atoms with Gasteiger partial charge in [0.05, 0.1) is 13.7 Å². The van der Waals surface area contributed by atoms with Crippen LogP contribution >= 0.6 is 0 Å². The standard InChI is InChI=1S/C26H26FNO4/c1-17-7-10-21(22(27)13-17)18-8-11-23-19(14-18)9-12-26(30)28(23)15-20(29)16-32-25-6-4-3-5-24(25)31-2/h3-8,10-11,13-14,20,29H,9,12,15-16H2,1-2H3. The van der Waals surface area contributed by atoms with Crippen molar-refractivity contribution < 1.29 is 23.8 Å². The lowest BCUT2D eigenvalue weighted by atomic mass is 9.95. The average Bonchev–Trinajstić information content (AvgIpc) is 2.79. The molecule has 0 aliphatic carbocycles. The number of benzene rings is 3. The fraction of sp³-hybridized carbons (Fsp3) is 0.269. The number of carbonyl (C=O) groups excluding carboxylic acids is 1. The molecule has 1 heterocycles. The predicted octanol–water partition coefficient (Wildman–Crippen LogP) is 4.53. The molecule has 5 nitrogen and oxygen atoms in total. The van der Waals surface area contributed by atoms with E-state index < -0.39 is 6.10 Å². The number of halogens is 1. The second-order valence-electron chi connectivity index (χ2n) is 7.95. The molecule has 1 N–H and O–H groups in total. The van der Waals surface area contributed by atoms with Gasteiger partial charge < -0.3 is 19.5 Å². The Kier molecular flexibility index (Phi) is 6.42. The molecule has 6 heteroatoms. The van der Waals surface area contributed by atoms with Gasteiger partial charge in [-0.3, -0.25) is 4.79 Å². The minimum atomic E-state index is -0.885. The minimum Gasteiger partial charge on any atom is -0.493 e. The van der Waals surface area contributed by atoms with E-state index in [4.69, 9.17) is 9.47 Å². The molecule has 4 rings (SSSR count). The first kappa shape index (κ1) is 21.8. The van der Waals surface area contributed by atoms with Crippen LogP contribution in [-0.4, -0.2) is 37.4 Å². The van der Waals surface area contributed by atoms with Gasteiger partial charge in [-0.2, -0.15) is 0 Å². The third-order valence-electron chi connectivity index (χ3n) is 5.61. The summed E-state index contributed by atoms with van der Waals surface area (Å²) in [6.45, 7) is 1.98. The maximum absolute atomic E-state index is 14.4. The number of fused-ring (bicyclic) bond motifs is 1. The van der Waals surface area contributed by atoms with Gasteiger partial charge in [-0.25, -0.2) is 4.39 Å². The third kappa shape index (κ3) is 4.60. The van der Waals surface area contributed by atoms with E-state index in [-0.39, 0.29) is 24.9 Å². The van der Waals surface area contributed by atoms with E-state index in [1.54, 1.807) is 30.2 Å². The summed E-state index contributed by atoms with van der Waals surface area (Å²) in [5.74, 6) is 0.792. The second kappa shape index (κ2) is 9.40. The summed E-state index contributed by atoms with van der Waals surface area (Å²) in [5.41, 5.74) is 3.88. The van der Waals surface area contributed by atoms with Crippen LogP contribution in [0.1, 0.15) is 17.5 Å². The number of hydrogen-bond donors (Lipinski definition) is 1. The van der Waals surface area contributed by atoms with Crippen LogP contribution in [0.4, 0.5) is 10.1 Å². The number of aliphatic hydroxyl groups is 1.